The first-order chi connectivity index (χ1) is 13.1. The van der Waals surface area contributed by atoms with E-state index in [1.165, 1.54) is 5.56 Å². The van der Waals surface area contributed by atoms with Gasteiger partial charge in [0.05, 0.1) is 12.0 Å². The summed E-state index contributed by atoms with van der Waals surface area (Å²) in [6, 6.07) is 7.41. The normalized spacial score (nSPS) is 19.3. The van der Waals surface area contributed by atoms with E-state index >= 15 is 0 Å². The fourth-order valence-electron chi connectivity index (χ4n) is 3.39. The number of nitrogens with zero attached hydrogens (tertiary/aromatic N) is 1. The van der Waals surface area contributed by atoms with Crippen molar-refractivity contribution in [2.45, 2.75) is 77.1 Å². The maximum atomic E-state index is 13.2. The van der Waals surface area contributed by atoms with E-state index in [-0.39, 0.29) is 17.3 Å². The Morgan fingerprint density at radius 2 is 1.78 bits per heavy atom. The van der Waals surface area contributed by atoms with Gasteiger partial charge in [0.2, 0.25) is 0 Å². The van der Waals surface area contributed by atoms with Crippen molar-refractivity contribution in [3.05, 3.63) is 35.4 Å². The molecule has 4 nitrogen and oxygen atoms in total. The molecule has 1 aromatic carbocycles. The molecule has 1 aliphatic rings. The molecule has 1 saturated heterocycles. The van der Waals surface area contributed by atoms with Crippen molar-refractivity contribution in [3.8, 4) is 0 Å². The molecule has 0 aliphatic carbocycles. The van der Waals surface area contributed by atoms with Gasteiger partial charge < -0.3 is 9.64 Å². The first kappa shape index (κ1) is 21.8. The number of hydrogen-bond acceptors (Lipinski definition) is 4. The van der Waals surface area contributed by atoms with Gasteiger partial charge in [-0.15, -0.1) is 11.8 Å². The summed E-state index contributed by atoms with van der Waals surface area (Å²) >= 11 is 1.70. The van der Waals surface area contributed by atoms with Crippen molar-refractivity contribution in [2.24, 2.45) is 0 Å². The quantitative estimate of drug-likeness (QED) is 0.413. The summed E-state index contributed by atoms with van der Waals surface area (Å²) in [5.74, 6) is 0.285. The molecule has 2 atom stereocenters. The number of hydrogen-bond donors (Lipinski definition) is 0. The lowest BCUT2D eigenvalue weighted by Crippen LogP contribution is -2.46. The zero-order chi connectivity index (χ0) is 19.6. The maximum Gasteiger partial charge on any atom is 0.329 e. The van der Waals surface area contributed by atoms with E-state index in [9.17, 15) is 9.59 Å². The summed E-state index contributed by atoms with van der Waals surface area (Å²) in [7, 11) is 0. The zero-order valence-electron chi connectivity index (χ0n) is 16.9. The molecule has 2 rings (SSSR count). The van der Waals surface area contributed by atoms with Gasteiger partial charge in [0.15, 0.2) is 0 Å². The van der Waals surface area contributed by atoms with Gasteiger partial charge in [-0.05, 0) is 43.9 Å². The van der Waals surface area contributed by atoms with Crippen LogP contribution >= 0.6 is 11.8 Å². The maximum absolute atomic E-state index is 13.2. The van der Waals surface area contributed by atoms with E-state index < -0.39 is 6.04 Å². The minimum atomic E-state index is -0.478. The third kappa shape index (κ3) is 6.00. The predicted octanol–water partition coefficient (Wildman–Crippen LogP) is 5.06. The van der Waals surface area contributed by atoms with E-state index in [0.717, 1.165) is 44.9 Å². The van der Waals surface area contributed by atoms with E-state index in [1.54, 1.807) is 23.6 Å². The van der Waals surface area contributed by atoms with Crippen LogP contribution in [0.2, 0.25) is 0 Å². The minimum Gasteiger partial charge on any atom is -0.464 e. The van der Waals surface area contributed by atoms with Crippen LogP contribution in [0.3, 0.4) is 0 Å². The van der Waals surface area contributed by atoms with Crippen LogP contribution in [0.4, 0.5) is 0 Å². The Kier molecular flexibility index (Phi) is 9.19. The van der Waals surface area contributed by atoms with Crippen LogP contribution in [-0.4, -0.2) is 40.6 Å². The van der Waals surface area contributed by atoms with Crippen LogP contribution in [0, 0.1) is 0 Å². The highest BCUT2D eigenvalue weighted by Gasteiger charge is 2.42. The summed E-state index contributed by atoms with van der Waals surface area (Å²) in [6.07, 6.45) is 7.64. The van der Waals surface area contributed by atoms with Gasteiger partial charge in [-0.25, -0.2) is 4.79 Å². The molecule has 5 heteroatoms. The molecular weight excluding hydrogens is 358 g/mol. The van der Waals surface area contributed by atoms with Crippen molar-refractivity contribution in [2.75, 3.05) is 12.4 Å². The molecule has 1 heterocycles. The second-order valence-electron chi connectivity index (χ2n) is 7.06. The fourth-order valence-corrected chi connectivity index (χ4v) is 4.83. The molecule has 150 valence electrons. The minimum absolute atomic E-state index is 0.0539. The highest BCUT2D eigenvalue weighted by molar-refractivity contribution is 8.00. The highest BCUT2D eigenvalue weighted by Crippen LogP contribution is 2.34. The first-order valence-electron chi connectivity index (χ1n) is 10.3. The number of carbonyl (C=O) groups excluding carboxylic acids is 2. The molecule has 1 aliphatic heterocycles. The summed E-state index contributed by atoms with van der Waals surface area (Å²) in [6.45, 7) is 6.50. The monoisotopic (exact) mass is 391 g/mol. The zero-order valence-corrected chi connectivity index (χ0v) is 17.7. The number of rotatable bonds is 10. The summed E-state index contributed by atoms with van der Waals surface area (Å²) in [5, 5.41) is 0.0539. The average Bonchev–Trinajstić information content (AvgIpc) is 3.10. The Morgan fingerprint density at radius 3 is 2.41 bits per heavy atom. The molecule has 1 fully saturated rings. The van der Waals surface area contributed by atoms with Crippen LogP contribution in [0.1, 0.15) is 75.2 Å². The average molecular weight is 392 g/mol. The van der Waals surface area contributed by atoms with E-state index in [1.807, 2.05) is 24.3 Å². The predicted molar refractivity (Wildman–Crippen MR) is 112 cm³/mol. The van der Waals surface area contributed by atoms with Crippen LogP contribution in [0.25, 0.3) is 0 Å². The van der Waals surface area contributed by atoms with Crippen molar-refractivity contribution in [3.63, 3.8) is 0 Å². The number of amides is 1. The SMILES string of the molecule is CCCCCC1SCC(C(=O)OCC)N1C(=O)c1ccc(CCCC)cc1. The van der Waals surface area contributed by atoms with Gasteiger partial charge in [0, 0.05) is 11.3 Å². The molecule has 0 spiro atoms. The molecule has 2 unspecified atom stereocenters. The first-order valence-corrected chi connectivity index (χ1v) is 11.4. The van der Waals surface area contributed by atoms with Gasteiger partial charge in [0.1, 0.15) is 6.04 Å². The Morgan fingerprint density at radius 1 is 1.07 bits per heavy atom. The number of aryl methyl sites for hydroxylation is 1. The topological polar surface area (TPSA) is 46.6 Å². The molecule has 0 aromatic heterocycles. The van der Waals surface area contributed by atoms with Crippen LogP contribution in [-0.2, 0) is 16.0 Å². The second-order valence-corrected chi connectivity index (χ2v) is 8.28. The van der Waals surface area contributed by atoms with Crippen molar-refractivity contribution in [1.29, 1.82) is 0 Å². The third-order valence-corrected chi connectivity index (χ3v) is 6.32. The third-order valence-electron chi connectivity index (χ3n) is 4.96. The van der Waals surface area contributed by atoms with Crippen LogP contribution < -0.4 is 0 Å². The summed E-state index contributed by atoms with van der Waals surface area (Å²) in [5.41, 5.74) is 1.91. The summed E-state index contributed by atoms with van der Waals surface area (Å²) < 4.78 is 5.23. The number of carbonyl (C=O) groups is 2. The highest BCUT2D eigenvalue weighted by atomic mass is 32.2. The Labute approximate surface area is 168 Å². The lowest BCUT2D eigenvalue weighted by molar-refractivity contribution is -0.147. The number of thioether (sulfide) groups is 1. The molecule has 1 amide bonds. The van der Waals surface area contributed by atoms with Gasteiger partial charge in [-0.2, -0.15) is 0 Å². The largest absolute Gasteiger partial charge is 0.464 e. The standard InChI is InChI=1S/C22H33NO3S/c1-4-7-9-11-20-23(19(16-27-20)22(25)26-6-3)21(24)18-14-12-17(13-15-18)10-8-5-2/h12-15,19-20H,4-11,16H2,1-3H3. The molecule has 27 heavy (non-hydrogen) atoms. The molecule has 0 N–H and O–H groups in total. The Hall–Kier alpha value is -1.49. The van der Waals surface area contributed by atoms with Crippen LogP contribution in [0.5, 0.6) is 0 Å². The number of ether oxygens (including phenoxy) is 1. The van der Waals surface area contributed by atoms with E-state index in [2.05, 4.69) is 13.8 Å². The van der Waals surface area contributed by atoms with E-state index in [0.29, 0.717) is 17.9 Å². The van der Waals surface area contributed by atoms with E-state index in [4.69, 9.17) is 4.74 Å². The molecule has 0 bridgehead atoms. The molecular formula is C22H33NO3S. The second kappa shape index (κ2) is 11.4. The molecule has 0 saturated carbocycles. The lowest BCUT2D eigenvalue weighted by Gasteiger charge is -2.28. The Bertz CT molecular complexity index is 602. The van der Waals surface area contributed by atoms with Crippen molar-refractivity contribution >= 4 is 23.6 Å². The number of benzene rings is 1. The number of unbranched alkanes of at least 4 members (excludes halogenated alkanes) is 3. The van der Waals surface area contributed by atoms with Crippen LogP contribution in [0.15, 0.2) is 24.3 Å². The van der Waals surface area contributed by atoms with Gasteiger partial charge in [-0.3, -0.25) is 4.79 Å². The smallest absolute Gasteiger partial charge is 0.329 e. The van der Waals surface area contributed by atoms with Crippen molar-refractivity contribution in [1.82, 2.24) is 4.90 Å². The lowest BCUT2D eigenvalue weighted by atomic mass is 10.0. The van der Waals surface area contributed by atoms with Gasteiger partial charge in [-0.1, -0.05) is 51.7 Å². The Balaban J connectivity index is 2.15. The van der Waals surface area contributed by atoms with Gasteiger partial charge >= 0.3 is 5.97 Å². The molecule has 0 radical (unpaired) electrons. The fraction of sp³-hybridized carbons (Fsp3) is 0.636. The molecule has 1 aromatic rings. The number of esters is 1. The summed E-state index contributed by atoms with van der Waals surface area (Å²) in [4.78, 5) is 27.4. The van der Waals surface area contributed by atoms with Gasteiger partial charge in [0.25, 0.3) is 5.91 Å². The van der Waals surface area contributed by atoms with Crippen molar-refractivity contribution < 1.29 is 14.3 Å².